The van der Waals surface area contributed by atoms with E-state index in [1.54, 1.807) is 0 Å². The summed E-state index contributed by atoms with van der Waals surface area (Å²) >= 11 is 0. The number of hydrogen-bond donors (Lipinski definition) is 2. The van der Waals surface area contributed by atoms with Crippen molar-refractivity contribution in [2.75, 3.05) is 6.54 Å². The Labute approximate surface area is 124 Å². The van der Waals surface area contributed by atoms with Crippen molar-refractivity contribution in [1.82, 2.24) is 10.6 Å². The lowest BCUT2D eigenvalue weighted by molar-refractivity contribution is -0.121. The summed E-state index contributed by atoms with van der Waals surface area (Å²) in [5.74, 6) is 0.978. The van der Waals surface area contributed by atoms with E-state index in [0.717, 1.165) is 5.92 Å². The lowest BCUT2D eigenvalue weighted by Crippen LogP contribution is -2.46. The van der Waals surface area contributed by atoms with Crippen molar-refractivity contribution in [3.05, 3.63) is 0 Å². The Kier molecular flexibility index (Phi) is 6.85. The van der Waals surface area contributed by atoms with Crippen molar-refractivity contribution in [2.45, 2.75) is 89.6 Å². The molecule has 2 atom stereocenters. The average molecular weight is 280 g/mol. The molecule has 2 N–H and O–H groups in total. The van der Waals surface area contributed by atoms with Crippen LogP contribution < -0.4 is 10.6 Å². The molecule has 3 nitrogen and oxygen atoms in total. The van der Waals surface area contributed by atoms with Gasteiger partial charge in [0.05, 0.1) is 6.54 Å². The largest absolute Gasteiger partial charge is 0.352 e. The van der Waals surface area contributed by atoms with Crippen LogP contribution in [0.4, 0.5) is 0 Å². The number of carbonyl (C=O) groups excluding carboxylic acids is 1. The van der Waals surface area contributed by atoms with Gasteiger partial charge in [-0.25, -0.2) is 0 Å². The molecule has 0 saturated heterocycles. The predicted octanol–water partition coefficient (Wildman–Crippen LogP) is 3.38. The smallest absolute Gasteiger partial charge is 0.234 e. The fourth-order valence-electron chi connectivity index (χ4n) is 3.89. The fourth-order valence-corrected chi connectivity index (χ4v) is 3.89. The number of hydrogen-bond acceptors (Lipinski definition) is 2. The topological polar surface area (TPSA) is 41.1 Å². The van der Waals surface area contributed by atoms with E-state index in [-0.39, 0.29) is 5.91 Å². The van der Waals surface area contributed by atoms with Crippen LogP contribution in [0.3, 0.4) is 0 Å². The van der Waals surface area contributed by atoms with Gasteiger partial charge in [-0.15, -0.1) is 0 Å². The summed E-state index contributed by atoms with van der Waals surface area (Å²) in [6.45, 7) is 2.79. The average Bonchev–Trinajstić information content (AvgIpc) is 2.74. The van der Waals surface area contributed by atoms with Crippen LogP contribution in [0.2, 0.25) is 0 Å². The molecule has 3 heteroatoms. The molecule has 0 aliphatic heterocycles. The van der Waals surface area contributed by atoms with Gasteiger partial charge < -0.3 is 10.6 Å². The Hall–Kier alpha value is -0.570. The van der Waals surface area contributed by atoms with Crippen molar-refractivity contribution in [1.29, 1.82) is 0 Å². The highest BCUT2D eigenvalue weighted by molar-refractivity contribution is 5.78. The Morgan fingerprint density at radius 2 is 1.60 bits per heavy atom. The van der Waals surface area contributed by atoms with Crippen LogP contribution in [0.25, 0.3) is 0 Å². The first kappa shape index (κ1) is 15.8. The molecule has 2 aliphatic rings. The van der Waals surface area contributed by atoms with Crippen LogP contribution >= 0.6 is 0 Å². The van der Waals surface area contributed by atoms with Gasteiger partial charge in [-0.3, -0.25) is 4.79 Å². The third kappa shape index (κ3) is 5.08. The van der Waals surface area contributed by atoms with E-state index in [0.29, 0.717) is 18.6 Å². The van der Waals surface area contributed by atoms with Crippen LogP contribution in [0, 0.1) is 5.92 Å². The van der Waals surface area contributed by atoms with Crippen LogP contribution in [-0.2, 0) is 4.79 Å². The normalized spacial score (nSPS) is 28.9. The maximum Gasteiger partial charge on any atom is 0.234 e. The SMILES string of the molecule is CCC1CCCCC1NCC(=O)NC1CCCCCC1. The number of rotatable bonds is 5. The first-order chi connectivity index (χ1) is 9.79. The van der Waals surface area contributed by atoms with E-state index in [2.05, 4.69) is 17.6 Å². The minimum Gasteiger partial charge on any atom is -0.352 e. The van der Waals surface area contributed by atoms with Crippen LogP contribution in [0.1, 0.15) is 77.6 Å². The maximum absolute atomic E-state index is 12.1. The van der Waals surface area contributed by atoms with Crippen molar-refractivity contribution in [2.24, 2.45) is 5.92 Å². The van der Waals surface area contributed by atoms with Gasteiger partial charge in [-0.05, 0) is 31.6 Å². The van der Waals surface area contributed by atoms with Crippen LogP contribution in [0.5, 0.6) is 0 Å². The molecule has 0 spiro atoms. The number of carbonyl (C=O) groups is 1. The molecule has 116 valence electrons. The molecular weight excluding hydrogens is 248 g/mol. The quantitative estimate of drug-likeness (QED) is 0.758. The van der Waals surface area contributed by atoms with E-state index in [1.807, 2.05) is 0 Å². The first-order valence-corrected chi connectivity index (χ1v) is 8.82. The summed E-state index contributed by atoms with van der Waals surface area (Å²) in [6.07, 6.45) is 14.1. The van der Waals surface area contributed by atoms with Gasteiger partial charge >= 0.3 is 0 Å². The standard InChI is InChI=1S/C17H32N2O/c1-2-14-9-7-8-12-16(14)18-13-17(20)19-15-10-5-3-4-6-11-15/h14-16,18H,2-13H2,1H3,(H,19,20). The molecule has 2 fully saturated rings. The van der Waals surface area contributed by atoms with Crippen molar-refractivity contribution < 1.29 is 4.79 Å². The van der Waals surface area contributed by atoms with Gasteiger partial charge in [0.25, 0.3) is 0 Å². The maximum atomic E-state index is 12.1. The van der Waals surface area contributed by atoms with Gasteiger partial charge in [-0.1, -0.05) is 51.9 Å². The monoisotopic (exact) mass is 280 g/mol. The molecule has 0 aromatic rings. The highest BCUT2D eigenvalue weighted by Crippen LogP contribution is 2.26. The van der Waals surface area contributed by atoms with E-state index >= 15 is 0 Å². The molecule has 20 heavy (non-hydrogen) atoms. The predicted molar refractivity (Wildman–Crippen MR) is 83.7 cm³/mol. The lowest BCUT2D eigenvalue weighted by Gasteiger charge is -2.31. The highest BCUT2D eigenvalue weighted by atomic mass is 16.1. The third-order valence-corrected chi connectivity index (χ3v) is 5.18. The fraction of sp³-hybridized carbons (Fsp3) is 0.941. The second-order valence-corrected chi connectivity index (χ2v) is 6.70. The molecule has 2 saturated carbocycles. The number of nitrogens with one attached hydrogen (secondary N) is 2. The second-order valence-electron chi connectivity index (χ2n) is 6.70. The Balaban J connectivity index is 1.68. The third-order valence-electron chi connectivity index (χ3n) is 5.18. The Morgan fingerprint density at radius 3 is 2.30 bits per heavy atom. The van der Waals surface area contributed by atoms with E-state index in [9.17, 15) is 4.79 Å². The summed E-state index contributed by atoms with van der Waals surface area (Å²) in [5, 5.41) is 6.75. The molecule has 0 radical (unpaired) electrons. The summed E-state index contributed by atoms with van der Waals surface area (Å²) in [6, 6.07) is 0.994. The Bertz CT molecular complexity index is 285. The highest BCUT2D eigenvalue weighted by Gasteiger charge is 2.24. The van der Waals surface area contributed by atoms with E-state index in [4.69, 9.17) is 0 Å². The zero-order chi connectivity index (χ0) is 14.2. The minimum absolute atomic E-state index is 0.206. The molecular formula is C17H32N2O. The van der Waals surface area contributed by atoms with Crippen molar-refractivity contribution in [3.63, 3.8) is 0 Å². The summed E-state index contributed by atoms with van der Waals surface area (Å²) in [5.41, 5.74) is 0. The van der Waals surface area contributed by atoms with Gasteiger partial charge in [0.2, 0.25) is 5.91 Å². The molecule has 2 unspecified atom stereocenters. The van der Waals surface area contributed by atoms with Crippen LogP contribution in [-0.4, -0.2) is 24.5 Å². The molecule has 0 heterocycles. The van der Waals surface area contributed by atoms with Crippen molar-refractivity contribution >= 4 is 5.91 Å². The summed E-state index contributed by atoms with van der Waals surface area (Å²) < 4.78 is 0. The van der Waals surface area contributed by atoms with Gasteiger partial charge in [0.1, 0.15) is 0 Å². The number of amides is 1. The summed E-state index contributed by atoms with van der Waals surface area (Å²) in [4.78, 5) is 12.1. The van der Waals surface area contributed by atoms with Gasteiger partial charge in [-0.2, -0.15) is 0 Å². The Morgan fingerprint density at radius 1 is 0.950 bits per heavy atom. The van der Waals surface area contributed by atoms with Crippen molar-refractivity contribution in [3.8, 4) is 0 Å². The van der Waals surface area contributed by atoms with E-state index < -0.39 is 0 Å². The molecule has 2 aliphatic carbocycles. The first-order valence-electron chi connectivity index (χ1n) is 8.82. The molecule has 1 amide bonds. The van der Waals surface area contributed by atoms with E-state index in [1.165, 1.54) is 70.6 Å². The zero-order valence-corrected chi connectivity index (χ0v) is 13.1. The summed E-state index contributed by atoms with van der Waals surface area (Å²) in [7, 11) is 0. The van der Waals surface area contributed by atoms with Gasteiger partial charge in [0, 0.05) is 12.1 Å². The molecule has 2 rings (SSSR count). The lowest BCUT2D eigenvalue weighted by atomic mass is 9.83. The minimum atomic E-state index is 0.206. The zero-order valence-electron chi connectivity index (χ0n) is 13.1. The second kappa shape index (κ2) is 8.66. The molecule has 0 bridgehead atoms. The molecule has 0 aromatic heterocycles. The van der Waals surface area contributed by atoms with Gasteiger partial charge in [0.15, 0.2) is 0 Å². The van der Waals surface area contributed by atoms with Crippen LogP contribution in [0.15, 0.2) is 0 Å². The molecule has 0 aromatic carbocycles.